The summed E-state index contributed by atoms with van der Waals surface area (Å²) in [4.78, 5) is 26.1. The number of benzene rings is 2. The van der Waals surface area contributed by atoms with Gasteiger partial charge in [-0.05, 0) is 36.2 Å². The van der Waals surface area contributed by atoms with Gasteiger partial charge in [0.2, 0.25) is 5.91 Å². The minimum absolute atomic E-state index is 0.153. The quantitative estimate of drug-likeness (QED) is 0.768. The molecule has 5 heteroatoms. The van der Waals surface area contributed by atoms with E-state index in [1.807, 2.05) is 53.4 Å². The van der Waals surface area contributed by atoms with Crippen molar-refractivity contribution >= 4 is 22.8 Å². The third-order valence-electron chi connectivity index (χ3n) is 4.63. The average Bonchev–Trinajstić information content (AvgIpc) is 3.26. The van der Waals surface area contributed by atoms with Gasteiger partial charge in [-0.2, -0.15) is 0 Å². The summed E-state index contributed by atoms with van der Waals surface area (Å²) in [5, 5.41) is 3.91. The molecule has 132 valence electrons. The number of carbonyl (C=O) groups is 2. The number of hydrogen-bond acceptors (Lipinski definition) is 3. The Hall–Kier alpha value is -3.08. The van der Waals surface area contributed by atoms with E-state index in [1.165, 1.54) is 0 Å². The molecule has 0 spiro atoms. The van der Waals surface area contributed by atoms with Crippen molar-refractivity contribution in [3.8, 4) is 0 Å². The van der Waals surface area contributed by atoms with Crippen LogP contribution in [0.5, 0.6) is 0 Å². The van der Waals surface area contributed by atoms with Crippen molar-refractivity contribution in [2.45, 2.75) is 25.9 Å². The zero-order chi connectivity index (χ0) is 17.9. The second-order valence-corrected chi connectivity index (χ2v) is 6.55. The number of hydrogen-bond donors (Lipinski definition) is 1. The van der Waals surface area contributed by atoms with Gasteiger partial charge in [-0.25, -0.2) is 0 Å². The Morgan fingerprint density at radius 2 is 2.00 bits per heavy atom. The number of para-hydroxylation sites is 1. The van der Waals surface area contributed by atoms with Gasteiger partial charge in [0.05, 0.1) is 6.54 Å². The molecular weight excluding hydrogens is 328 g/mol. The number of carbonyl (C=O) groups excluding carboxylic acids is 2. The highest BCUT2D eigenvalue weighted by atomic mass is 16.3. The topological polar surface area (TPSA) is 62.6 Å². The molecule has 1 aliphatic rings. The Bertz CT molecular complexity index is 928. The van der Waals surface area contributed by atoms with Crippen LogP contribution in [0.15, 0.2) is 59.0 Å². The maximum absolute atomic E-state index is 12.5. The summed E-state index contributed by atoms with van der Waals surface area (Å²) in [5.41, 5.74) is 2.37. The van der Waals surface area contributed by atoms with Crippen LogP contribution in [-0.4, -0.2) is 23.3 Å². The summed E-state index contributed by atoms with van der Waals surface area (Å²) in [7, 11) is 0. The lowest BCUT2D eigenvalue weighted by Crippen LogP contribution is -2.25. The lowest BCUT2D eigenvalue weighted by atomic mass is 10.1. The molecule has 0 bridgehead atoms. The molecule has 2 amide bonds. The number of likely N-dealkylation sites (tertiary alicyclic amines) is 1. The van der Waals surface area contributed by atoms with Gasteiger partial charge in [-0.3, -0.25) is 9.59 Å². The Kier molecular flexibility index (Phi) is 4.44. The van der Waals surface area contributed by atoms with Crippen LogP contribution < -0.4 is 5.32 Å². The van der Waals surface area contributed by atoms with Crippen LogP contribution in [0.25, 0.3) is 11.0 Å². The number of rotatable bonds is 5. The van der Waals surface area contributed by atoms with E-state index < -0.39 is 0 Å². The van der Waals surface area contributed by atoms with E-state index in [9.17, 15) is 9.59 Å². The second-order valence-electron chi connectivity index (χ2n) is 6.55. The van der Waals surface area contributed by atoms with Crippen molar-refractivity contribution in [1.29, 1.82) is 0 Å². The molecule has 0 unspecified atom stereocenters. The predicted molar refractivity (Wildman–Crippen MR) is 98.5 cm³/mol. The number of fused-ring (bicyclic) bond motifs is 1. The monoisotopic (exact) mass is 348 g/mol. The first-order chi connectivity index (χ1) is 12.7. The minimum Gasteiger partial charge on any atom is -0.459 e. The zero-order valence-electron chi connectivity index (χ0n) is 14.4. The Labute approximate surface area is 151 Å². The highest BCUT2D eigenvalue weighted by Gasteiger charge is 2.20. The summed E-state index contributed by atoms with van der Waals surface area (Å²) in [6.45, 7) is 1.69. The maximum Gasteiger partial charge on any atom is 0.251 e. The van der Waals surface area contributed by atoms with Crippen LogP contribution in [-0.2, 0) is 17.9 Å². The number of nitrogens with one attached hydrogen (secondary N) is 1. The van der Waals surface area contributed by atoms with Crippen LogP contribution >= 0.6 is 0 Å². The van der Waals surface area contributed by atoms with Crippen molar-refractivity contribution in [2.75, 3.05) is 6.54 Å². The SMILES string of the molecule is O=C(NCc1cc2ccccc2o1)c1cccc(CN2CCCC2=O)c1. The van der Waals surface area contributed by atoms with Gasteiger partial charge in [0.1, 0.15) is 11.3 Å². The predicted octanol–water partition coefficient (Wildman–Crippen LogP) is 3.49. The lowest BCUT2D eigenvalue weighted by molar-refractivity contribution is -0.128. The summed E-state index contributed by atoms with van der Waals surface area (Å²) in [5.74, 6) is 0.753. The summed E-state index contributed by atoms with van der Waals surface area (Å²) in [6, 6.07) is 17.1. The summed E-state index contributed by atoms with van der Waals surface area (Å²) < 4.78 is 5.72. The lowest BCUT2D eigenvalue weighted by Gasteiger charge is -2.15. The molecule has 2 aromatic carbocycles. The van der Waals surface area contributed by atoms with Gasteiger partial charge >= 0.3 is 0 Å². The fourth-order valence-electron chi connectivity index (χ4n) is 3.30. The van der Waals surface area contributed by atoms with E-state index in [0.29, 0.717) is 25.1 Å². The molecule has 1 aromatic heterocycles. The smallest absolute Gasteiger partial charge is 0.251 e. The molecule has 5 nitrogen and oxygen atoms in total. The minimum atomic E-state index is -0.153. The molecule has 2 heterocycles. The molecule has 1 fully saturated rings. The van der Waals surface area contributed by atoms with Crippen molar-refractivity contribution in [3.05, 3.63) is 71.5 Å². The van der Waals surface area contributed by atoms with Crippen LogP contribution in [0.2, 0.25) is 0 Å². The summed E-state index contributed by atoms with van der Waals surface area (Å²) in [6.07, 6.45) is 1.54. The van der Waals surface area contributed by atoms with E-state index in [4.69, 9.17) is 4.42 Å². The van der Waals surface area contributed by atoms with E-state index in [1.54, 1.807) is 6.07 Å². The van der Waals surface area contributed by atoms with Crippen molar-refractivity contribution in [3.63, 3.8) is 0 Å². The normalized spacial score (nSPS) is 14.2. The molecular formula is C21H20N2O3. The molecule has 0 saturated carbocycles. The molecule has 0 atom stereocenters. The van der Waals surface area contributed by atoms with Crippen LogP contribution in [0.4, 0.5) is 0 Å². The van der Waals surface area contributed by atoms with E-state index in [0.717, 1.165) is 35.3 Å². The number of amides is 2. The Balaban J connectivity index is 1.41. The van der Waals surface area contributed by atoms with Gasteiger partial charge in [0, 0.05) is 30.5 Å². The van der Waals surface area contributed by atoms with Crippen molar-refractivity contribution < 1.29 is 14.0 Å². The number of nitrogens with zero attached hydrogens (tertiary/aromatic N) is 1. The average molecular weight is 348 g/mol. The standard InChI is InChI=1S/C21H20N2O3/c24-20-9-4-10-23(20)14-15-5-3-7-17(11-15)21(25)22-13-18-12-16-6-1-2-8-19(16)26-18/h1-3,5-8,11-12H,4,9-10,13-14H2,(H,22,25). The molecule has 4 rings (SSSR count). The van der Waals surface area contributed by atoms with E-state index in [2.05, 4.69) is 5.32 Å². The molecule has 1 aliphatic heterocycles. The van der Waals surface area contributed by atoms with Crippen molar-refractivity contribution in [2.24, 2.45) is 0 Å². The first-order valence-electron chi connectivity index (χ1n) is 8.81. The van der Waals surface area contributed by atoms with E-state index in [-0.39, 0.29) is 11.8 Å². The van der Waals surface area contributed by atoms with Gasteiger partial charge in [0.15, 0.2) is 0 Å². The first kappa shape index (κ1) is 16.4. The highest BCUT2D eigenvalue weighted by molar-refractivity contribution is 5.94. The highest BCUT2D eigenvalue weighted by Crippen LogP contribution is 2.19. The third kappa shape index (κ3) is 3.47. The largest absolute Gasteiger partial charge is 0.459 e. The molecule has 26 heavy (non-hydrogen) atoms. The fourth-order valence-corrected chi connectivity index (χ4v) is 3.30. The third-order valence-corrected chi connectivity index (χ3v) is 4.63. The molecule has 3 aromatic rings. The van der Waals surface area contributed by atoms with Gasteiger partial charge < -0.3 is 14.6 Å². The van der Waals surface area contributed by atoms with E-state index >= 15 is 0 Å². The Morgan fingerprint density at radius 1 is 1.12 bits per heavy atom. The molecule has 1 N–H and O–H groups in total. The van der Waals surface area contributed by atoms with Gasteiger partial charge in [-0.1, -0.05) is 30.3 Å². The Morgan fingerprint density at radius 3 is 2.81 bits per heavy atom. The van der Waals surface area contributed by atoms with Crippen molar-refractivity contribution in [1.82, 2.24) is 10.2 Å². The number of furan rings is 1. The molecule has 1 saturated heterocycles. The maximum atomic E-state index is 12.5. The molecule has 0 radical (unpaired) electrons. The van der Waals surface area contributed by atoms with Gasteiger partial charge in [0.25, 0.3) is 5.91 Å². The molecule has 0 aliphatic carbocycles. The fraction of sp³-hybridized carbons (Fsp3) is 0.238. The van der Waals surface area contributed by atoms with Crippen LogP contribution in [0.3, 0.4) is 0 Å². The van der Waals surface area contributed by atoms with Gasteiger partial charge in [-0.15, -0.1) is 0 Å². The first-order valence-corrected chi connectivity index (χ1v) is 8.81. The summed E-state index contributed by atoms with van der Waals surface area (Å²) >= 11 is 0. The van der Waals surface area contributed by atoms with Crippen LogP contribution in [0, 0.1) is 0 Å². The second kappa shape index (κ2) is 7.04. The van der Waals surface area contributed by atoms with Crippen LogP contribution in [0.1, 0.15) is 34.5 Å². The zero-order valence-corrected chi connectivity index (χ0v) is 14.4.